The van der Waals surface area contributed by atoms with Crippen molar-refractivity contribution in [3.8, 4) is 10.6 Å². The predicted octanol–water partition coefficient (Wildman–Crippen LogP) is 5.71. The summed E-state index contributed by atoms with van der Waals surface area (Å²) in [5.74, 6) is -0.686. The number of rotatable bonds is 7. The van der Waals surface area contributed by atoms with Gasteiger partial charge in [-0.1, -0.05) is 85.7 Å². The molecule has 1 atom stereocenters. The van der Waals surface area contributed by atoms with Crippen molar-refractivity contribution in [3.05, 3.63) is 98.9 Å². The van der Waals surface area contributed by atoms with Crippen LogP contribution in [0.1, 0.15) is 15.9 Å². The zero-order valence-corrected chi connectivity index (χ0v) is 21.2. The van der Waals surface area contributed by atoms with E-state index in [0.29, 0.717) is 22.1 Å². The first-order chi connectivity index (χ1) is 16.0. The monoisotopic (exact) mass is 584 g/mol. The van der Waals surface area contributed by atoms with Crippen LogP contribution < -0.4 is 10.6 Å². The van der Waals surface area contributed by atoms with Gasteiger partial charge in [0.05, 0.1) is 0 Å². The highest BCUT2D eigenvalue weighted by Crippen LogP contribution is 2.27. The molecule has 0 saturated heterocycles. The highest BCUT2D eigenvalue weighted by atomic mass is 79.9. The molecule has 0 spiro atoms. The topological polar surface area (TPSA) is 84.0 Å². The van der Waals surface area contributed by atoms with Crippen molar-refractivity contribution in [1.29, 1.82) is 0 Å². The summed E-state index contributed by atoms with van der Waals surface area (Å²) < 4.78 is 1.84. The Kier molecular flexibility index (Phi) is 7.64. The average Bonchev–Trinajstić information content (AvgIpc) is 3.28. The maximum absolute atomic E-state index is 13.1. The van der Waals surface area contributed by atoms with Crippen molar-refractivity contribution < 1.29 is 9.59 Å². The second kappa shape index (κ2) is 10.8. The number of hydrogen-bond donors (Lipinski definition) is 2. The fraction of sp³-hybridized carbons (Fsp3) is 0.0833. The Morgan fingerprint density at radius 1 is 0.848 bits per heavy atom. The van der Waals surface area contributed by atoms with Gasteiger partial charge in [-0.15, -0.1) is 10.2 Å². The van der Waals surface area contributed by atoms with Gasteiger partial charge in [0.2, 0.25) is 11.0 Å². The van der Waals surface area contributed by atoms with Gasteiger partial charge in [-0.25, -0.2) is 0 Å². The molecule has 6 nitrogen and oxygen atoms in total. The van der Waals surface area contributed by atoms with E-state index in [4.69, 9.17) is 0 Å². The zero-order valence-electron chi connectivity index (χ0n) is 17.2. The van der Waals surface area contributed by atoms with Crippen molar-refractivity contribution in [1.82, 2.24) is 15.5 Å². The van der Waals surface area contributed by atoms with E-state index in [-0.39, 0.29) is 11.8 Å². The van der Waals surface area contributed by atoms with Crippen LogP contribution in [0.5, 0.6) is 0 Å². The molecule has 1 heterocycles. The van der Waals surface area contributed by atoms with Crippen molar-refractivity contribution >= 4 is 60.1 Å². The Labute approximate surface area is 211 Å². The van der Waals surface area contributed by atoms with Crippen LogP contribution in [-0.2, 0) is 11.2 Å². The highest BCUT2D eigenvalue weighted by molar-refractivity contribution is 9.10. The second-order valence-electron chi connectivity index (χ2n) is 7.13. The second-order valence-corrected chi connectivity index (χ2v) is 9.94. The minimum absolute atomic E-state index is 0.327. The Morgan fingerprint density at radius 3 is 2.15 bits per heavy atom. The Bertz CT molecular complexity index is 1250. The summed E-state index contributed by atoms with van der Waals surface area (Å²) in [5, 5.41) is 15.0. The Balaban J connectivity index is 1.50. The minimum atomic E-state index is -0.788. The summed E-state index contributed by atoms with van der Waals surface area (Å²) in [5.41, 5.74) is 2.31. The Morgan fingerprint density at radius 2 is 1.48 bits per heavy atom. The van der Waals surface area contributed by atoms with Crippen LogP contribution in [0.15, 0.2) is 87.8 Å². The predicted molar refractivity (Wildman–Crippen MR) is 137 cm³/mol. The summed E-state index contributed by atoms with van der Waals surface area (Å²) >= 11 is 8.05. The molecule has 4 aromatic rings. The molecule has 3 aromatic carbocycles. The van der Waals surface area contributed by atoms with Gasteiger partial charge in [0.25, 0.3) is 5.91 Å². The summed E-state index contributed by atoms with van der Waals surface area (Å²) in [6, 6.07) is 23.4. The van der Waals surface area contributed by atoms with E-state index in [2.05, 4.69) is 52.7 Å². The summed E-state index contributed by atoms with van der Waals surface area (Å²) in [6.07, 6.45) is 0.341. The number of anilines is 1. The van der Waals surface area contributed by atoms with Gasteiger partial charge in [-0.2, -0.15) is 0 Å². The van der Waals surface area contributed by atoms with Crippen LogP contribution in [0, 0.1) is 0 Å². The first-order valence-electron chi connectivity index (χ1n) is 9.98. The molecular weight excluding hydrogens is 568 g/mol. The molecule has 0 aliphatic rings. The van der Waals surface area contributed by atoms with Crippen LogP contribution in [0.2, 0.25) is 0 Å². The van der Waals surface area contributed by atoms with Crippen molar-refractivity contribution in [2.45, 2.75) is 12.5 Å². The van der Waals surface area contributed by atoms with Crippen LogP contribution in [-0.4, -0.2) is 28.1 Å². The summed E-state index contributed by atoms with van der Waals surface area (Å²) in [4.78, 5) is 25.9. The van der Waals surface area contributed by atoms with Gasteiger partial charge < -0.3 is 5.32 Å². The fourth-order valence-corrected chi connectivity index (χ4v) is 4.36. The van der Waals surface area contributed by atoms with Gasteiger partial charge >= 0.3 is 0 Å². The van der Waals surface area contributed by atoms with E-state index in [9.17, 15) is 9.59 Å². The minimum Gasteiger partial charge on any atom is -0.340 e. The summed E-state index contributed by atoms with van der Waals surface area (Å²) in [6.45, 7) is 0. The number of nitrogens with zero attached hydrogens (tertiary/aromatic N) is 2. The van der Waals surface area contributed by atoms with Crippen LogP contribution in [0.25, 0.3) is 10.6 Å². The molecule has 0 radical (unpaired) electrons. The number of benzene rings is 3. The van der Waals surface area contributed by atoms with Crippen LogP contribution in [0.4, 0.5) is 5.13 Å². The van der Waals surface area contributed by atoms with Crippen molar-refractivity contribution in [2.24, 2.45) is 0 Å². The molecule has 0 aliphatic carbocycles. The molecule has 2 N–H and O–H groups in total. The lowest BCUT2D eigenvalue weighted by atomic mass is 10.0. The molecule has 2 amide bonds. The normalized spacial score (nSPS) is 11.6. The molecule has 4 rings (SSSR count). The lowest BCUT2D eigenvalue weighted by Gasteiger charge is -2.18. The largest absolute Gasteiger partial charge is 0.340 e. The van der Waals surface area contributed by atoms with Gasteiger partial charge in [-0.3, -0.25) is 14.9 Å². The molecule has 0 saturated carbocycles. The van der Waals surface area contributed by atoms with Gasteiger partial charge in [0.1, 0.15) is 11.0 Å². The molecule has 0 bridgehead atoms. The van der Waals surface area contributed by atoms with E-state index >= 15 is 0 Å². The first-order valence-corrected chi connectivity index (χ1v) is 12.4. The molecule has 0 fully saturated rings. The number of amides is 2. The number of aromatic nitrogens is 2. The number of carbonyl (C=O) groups is 2. The molecule has 1 aromatic heterocycles. The van der Waals surface area contributed by atoms with Crippen molar-refractivity contribution in [3.63, 3.8) is 0 Å². The van der Waals surface area contributed by atoms with E-state index < -0.39 is 6.04 Å². The summed E-state index contributed by atoms with van der Waals surface area (Å²) in [7, 11) is 0. The smallest absolute Gasteiger partial charge is 0.251 e. The molecule has 33 heavy (non-hydrogen) atoms. The number of carbonyl (C=O) groups excluding carboxylic acids is 2. The Hall–Kier alpha value is -2.88. The fourth-order valence-electron chi connectivity index (χ4n) is 3.08. The van der Waals surface area contributed by atoms with E-state index in [0.717, 1.165) is 20.1 Å². The van der Waals surface area contributed by atoms with Gasteiger partial charge in [0.15, 0.2) is 0 Å². The molecule has 166 valence electrons. The molecule has 9 heteroatoms. The number of halogens is 2. The highest BCUT2D eigenvalue weighted by Gasteiger charge is 2.23. The quantitative estimate of drug-likeness (QED) is 0.291. The zero-order chi connectivity index (χ0) is 23.2. The van der Waals surface area contributed by atoms with Crippen molar-refractivity contribution in [2.75, 3.05) is 5.32 Å². The molecule has 0 aliphatic heterocycles. The SMILES string of the molecule is O=C(N[C@@H](Cc1ccccc1)C(=O)Nc1nnc(-c2ccc(Br)cc2)s1)c1ccc(Br)cc1. The number of hydrogen-bond acceptors (Lipinski definition) is 5. The third-order valence-electron chi connectivity index (χ3n) is 4.76. The average molecular weight is 586 g/mol. The molecule has 0 unspecified atom stereocenters. The number of nitrogens with one attached hydrogen (secondary N) is 2. The molecular formula is C24H18Br2N4O2S. The maximum atomic E-state index is 13.1. The van der Waals surface area contributed by atoms with Crippen LogP contribution in [0.3, 0.4) is 0 Å². The van der Waals surface area contributed by atoms with Gasteiger partial charge in [0, 0.05) is 26.5 Å². The third kappa shape index (κ3) is 6.34. The first kappa shape index (κ1) is 23.3. The standard InChI is InChI=1S/C24H18Br2N4O2S/c25-18-10-6-16(7-11-18)21(31)27-20(14-15-4-2-1-3-5-15)22(32)28-24-30-29-23(33-24)17-8-12-19(26)13-9-17/h1-13,20H,14H2,(H,27,31)(H,28,30,32)/t20-/m0/s1. The van der Waals surface area contributed by atoms with Crippen LogP contribution >= 0.6 is 43.2 Å². The van der Waals surface area contributed by atoms with Gasteiger partial charge in [-0.05, 0) is 42.0 Å². The lowest BCUT2D eigenvalue weighted by molar-refractivity contribution is -0.118. The maximum Gasteiger partial charge on any atom is 0.251 e. The van der Waals surface area contributed by atoms with E-state index in [1.807, 2.05) is 54.6 Å². The third-order valence-corrected chi connectivity index (χ3v) is 6.70. The lowest BCUT2D eigenvalue weighted by Crippen LogP contribution is -2.45. The van der Waals surface area contributed by atoms with E-state index in [1.165, 1.54) is 11.3 Å². The van der Waals surface area contributed by atoms with E-state index in [1.54, 1.807) is 24.3 Å².